The average Bonchev–Trinajstić information content (AvgIpc) is 3.04. The van der Waals surface area contributed by atoms with Crippen LogP contribution in [0.15, 0.2) is 58.4 Å². The molecule has 0 unspecified atom stereocenters. The summed E-state index contributed by atoms with van der Waals surface area (Å²) in [4.78, 5) is 6.71. The molecule has 2 N–H and O–H groups in total. The molecule has 7 heteroatoms. The van der Waals surface area contributed by atoms with E-state index in [0.717, 1.165) is 29.4 Å². The Labute approximate surface area is 135 Å². The van der Waals surface area contributed by atoms with Gasteiger partial charge in [0, 0.05) is 17.8 Å². The number of sulfonamides is 1. The molecule has 23 heavy (non-hydrogen) atoms. The standard InChI is InChI=1S/C16H17N3O3S/c1-22-14-6-4-13(5-7-14)19-11-10-18-16(19)12-2-8-15(9-3-12)23(17,20)21/h2-9H,10-11H2,1H3,(H2,17,20,21). The van der Waals surface area contributed by atoms with Gasteiger partial charge in [-0.1, -0.05) is 0 Å². The van der Waals surface area contributed by atoms with Gasteiger partial charge < -0.3 is 9.64 Å². The summed E-state index contributed by atoms with van der Waals surface area (Å²) in [7, 11) is -2.05. The van der Waals surface area contributed by atoms with E-state index in [1.54, 1.807) is 19.2 Å². The highest BCUT2D eigenvalue weighted by atomic mass is 32.2. The molecule has 3 rings (SSSR count). The highest BCUT2D eigenvalue weighted by molar-refractivity contribution is 7.89. The van der Waals surface area contributed by atoms with Crippen molar-refractivity contribution in [3.05, 3.63) is 54.1 Å². The molecular weight excluding hydrogens is 314 g/mol. The van der Waals surface area contributed by atoms with E-state index in [2.05, 4.69) is 9.89 Å². The summed E-state index contributed by atoms with van der Waals surface area (Å²) in [6, 6.07) is 14.2. The molecular formula is C16H17N3O3S. The second kappa shape index (κ2) is 6.02. The zero-order valence-electron chi connectivity index (χ0n) is 12.6. The van der Waals surface area contributed by atoms with Crippen LogP contribution in [0.2, 0.25) is 0 Å². The molecule has 0 radical (unpaired) electrons. The van der Waals surface area contributed by atoms with Gasteiger partial charge in [-0.05, 0) is 48.5 Å². The van der Waals surface area contributed by atoms with Gasteiger partial charge in [0.15, 0.2) is 0 Å². The monoisotopic (exact) mass is 331 g/mol. The van der Waals surface area contributed by atoms with Crippen LogP contribution >= 0.6 is 0 Å². The van der Waals surface area contributed by atoms with Gasteiger partial charge in [0.25, 0.3) is 0 Å². The number of methoxy groups -OCH3 is 1. The van der Waals surface area contributed by atoms with Crippen LogP contribution in [-0.4, -0.2) is 34.5 Å². The normalized spacial score (nSPS) is 14.7. The number of hydrogen-bond acceptors (Lipinski definition) is 5. The van der Waals surface area contributed by atoms with Gasteiger partial charge >= 0.3 is 0 Å². The Bertz CT molecular complexity index is 828. The number of aliphatic imine (C=N–C) groups is 1. The van der Waals surface area contributed by atoms with Crippen LogP contribution in [0.1, 0.15) is 5.56 Å². The molecule has 1 aliphatic rings. The van der Waals surface area contributed by atoms with Gasteiger partial charge in [-0.2, -0.15) is 0 Å². The van der Waals surface area contributed by atoms with E-state index >= 15 is 0 Å². The second-order valence-corrected chi connectivity index (χ2v) is 6.69. The summed E-state index contributed by atoms with van der Waals surface area (Å²) in [5.74, 6) is 1.61. The highest BCUT2D eigenvalue weighted by Crippen LogP contribution is 2.24. The zero-order valence-corrected chi connectivity index (χ0v) is 13.5. The van der Waals surface area contributed by atoms with Crippen LogP contribution in [-0.2, 0) is 10.0 Å². The van der Waals surface area contributed by atoms with Crippen LogP contribution in [0, 0.1) is 0 Å². The van der Waals surface area contributed by atoms with Crippen molar-refractivity contribution in [2.75, 3.05) is 25.1 Å². The Morgan fingerprint density at radius 2 is 1.74 bits per heavy atom. The van der Waals surface area contributed by atoms with Gasteiger partial charge in [0.1, 0.15) is 11.6 Å². The molecule has 0 spiro atoms. The summed E-state index contributed by atoms with van der Waals surface area (Å²) in [5, 5.41) is 5.13. The van der Waals surface area contributed by atoms with Crippen LogP contribution in [0.4, 0.5) is 5.69 Å². The lowest BCUT2D eigenvalue weighted by Gasteiger charge is -2.21. The van der Waals surface area contributed by atoms with E-state index in [-0.39, 0.29) is 4.90 Å². The predicted octanol–water partition coefficient (Wildman–Crippen LogP) is 1.61. The molecule has 0 aliphatic carbocycles. The van der Waals surface area contributed by atoms with Crippen LogP contribution in [0.3, 0.4) is 0 Å². The summed E-state index contributed by atoms with van der Waals surface area (Å²) in [6.45, 7) is 1.47. The quantitative estimate of drug-likeness (QED) is 0.922. The molecule has 0 amide bonds. The first-order valence-corrected chi connectivity index (χ1v) is 8.63. The molecule has 2 aromatic rings. The van der Waals surface area contributed by atoms with Crippen molar-refractivity contribution in [3.63, 3.8) is 0 Å². The molecule has 2 aromatic carbocycles. The Balaban J connectivity index is 1.89. The minimum atomic E-state index is -3.68. The van der Waals surface area contributed by atoms with Crippen molar-refractivity contribution in [1.29, 1.82) is 0 Å². The summed E-state index contributed by atoms with van der Waals surface area (Å²) < 4.78 is 27.8. The number of nitrogens with zero attached hydrogens (tertiary/aromatic N) is 2. The maximum Gasteiger partial charge on any atom is 0.238 e. The minimum absolute atomic E-state index is 0.0934. The van der Waals surface area contributed by atoms with Gasteiger partial charge in [-0.3, -0.25) is 4.99 Å². The Hall–Kier alpha value is -2.38. The lowest BCUT2D eigenvalue weighted by atomic mass is 10.2. The molecule has 0 saturated heterocycles. The van der Waals surface area contributed by atoms with Crippen molar-refractivity contribution in [2.45, 2.75) is 4.90 Å². The fourth-order valence-corrected chi connectivity index (χ4v) is 3.02. The molecule has 120 valence electrons. The Morgan fingerprint density at radius 3 is 2.30 bits per heavy atom. The highest BCUT2D eigenvalue weighted by Gasteiger charge is 2.20. The van der Waals surface area contributed by atoms with Gasteiger partial charge in [-0.15, -0.1) is 0 Å². The molecule has 1 aliphatic heterocycles. The van der Waals surface area contributed by atoms with Crippen molar-refractivity contribution >= 4 is 21.5 Å². The topological polar surface area (TPSA) is 85.0 Å². The minimum Gasteiger partial charge on any atom is -0.497 e. The van der Waals surface area contributed by atoms with E-state index in [9.17, 15) is 8.42 Å². The Morgan fingerprint density at radius 1 is 1.09 bits per heavy atom. The number of amidine groups is 1. The number of ether oxygens (including phenoxy) is 1. The number of primary sulfonamides is 1. The van der Waals surface area contributed by atoms with Crippen LogP contribution < -0.4 is 14.8 Å². The number of anilines is 1. The summed E-state index contributed by atoms with van der Waals surface area (Å²) in [5.41, 5.74) is 1.86. The molecule has 0 atom stereocenters. The third kappa shape index (κ3) is 3.20. The third-order valence-electron chi connectivity index (χ3n) is 3.67. The van der Waals surface area contributed by atoms with Gasteiger partial charge in [-0.25, -0.2) is 13.6 Å². The van der Waals surface area contributed by atoms with E-state index in [0.29, 0.717) is 6.54 Å². The lowest BCUT2D eigenvalue weighted by Crippen LogP contribution is -2.28. The van der Waals surface area contributed by atoms with Crippen molar-refractivity contribution < 1.29 is 13.2 Å². The molecule has 0 aromatic heterocycles. The number of benzene rings is 2. The Kier molecular flexibility index (Phi) is 4.06. The second-order valence-electron chi connectivity index (χ2n) is 5.12. The van der Waals surface area contributed by atoms with Crippen molar-refractivity contribution in [1.82, 2.24) is 0 Å². The fraction of sp³-hybridized carbons (Fsp3) is 0.188. The lowest BCUT2D eigenvalue weighted by molar-refractivity contribution is 0.415. The molecule has 6 nitrogen and oxygen atoms in total. The summed E-state index contributed by atoms with van der Waals surface area (Å²) in [6.07, 6.45) is 0. The van der Waals surface area contributed by atoms with Gasteiger partial charge in [0.2, 0.25) is 10.0 Å². The first-order chi connectivity index (χ1) is 11.0. The fourth-order valence-electron chi connectivity index (χ4n) is 2.50. The largest absolute Gasteiger partial charge is 0.497 e. The molecule has 0 fully saturated rings. The van der Waals surface area contributed by atoms with E-state index in [1.165, 1.54) is 12.1 Å². The molecule has 0 bridgehead atoms. The predicted molar refractivity (Wildman–Crippen MR) is 89.6 cm³/mol. The maximum absolute atomic E-state index is 11.3. The van der Waals surface area contributed by atoms with Crippen LogP contribution in [0.25, 0.3) is 0 Å². The number of rotatable bonds is 4. The summed E-state index contributed by atoms with van der Waals surface area (Å²) >= 11 is 0. The maximum atomic E-state index is 11.3. The van der Waals surface area contributed by atoms with Gasteiger partial charge in [0.05, 0.1) is 18.6 Å². The van der Waals surface area contributed by atoms with E-state index < -0.39 is 10.0 Å². The third-order valence-corrected chi connectivity index (χ3v) is 4.60. The smallest absolute Gasteiger partial charge is 0.238 e. The molecule has 1 heterocycles. The molecule has 0 saturated carbocycles. The van der Waals surface area contributed by atoms with E-state index in [4.69, 9.17) is 9.88 Å². The number of nitrogens with two attached hydrogens (primary N) is 1. The SMILES string of the molecule is COc1ccc(N2CCN=C2c2ccc(S(N)(=O)=O)cc2)cc1. The van der Waals surface area contributed by atoms with Crippen molar-refractivity contribution in [2.24, 2.45) is 10.1 Å². The average molecular weight is 331 g/mol. The first kappa shape index (κ1) is 15.5. The van der Waals surface area contributed by atoms with Crippen molar-refractivity contribution in [3.8, 4) is 5.75 Å². The zero-order chi connectivity index (χ0) is 16.4. The van der Waals surface area contributed by atoms with Crippen LogP contribution in [0.5, 0.6) is 5.75 Å². The van der Waals surface area contributed by atoms with E-state index in [1.807, 2.05) is 24.3 Å². The first-order valence-electron chi connectivity index (χ1n) is 7.08. The number of hydrogen-bond donors (Lipinski definition) is 1.